The van der Waals surface area contributed by atoms with Crippen LogP contribution in [-0.4, -0.2) is 0 Å². The predicted molar refractivity (Wildman–Crippen MR) is 206 cm³/mol. The first-order chi connectivity index (χ1) is 23.8. The highest BCUT2D eigenvalue weighted by Gasteiger charge is 2.17. The van der Waals surface area contributed by atoms with Crippen LogP contribution in [0.15, 0.2) is 195 Å². The monoisotopic (exact) mass is 614 g/mol. The zero-order valence-electron chi connectivity index (χ0n) is 26.6. The summed E-state index contributed by atoms with van der Waals surface area (Å²) >= 11 is 0. The summed E-state index contributed by atoms with van der Waals surface area (Å²) < 4.78 is 0. The van der Waals surface area contributed by atoms with Crippen molar-refractivity contribution in [3.05, 3.63) is 200 Å². The van der Waals surface area contributed by atoms with E-state index >= 15 is 0 Å². The highest BCUT2D eigenvalue weighted by Crippen LogP contribution is 2.41. The Bertz CT molecular complexity index is 2350. The lowest BCUT2D eigenvalue weighted by molar-refractivity contribution is 1.29. The largest absolute Gasteiger partial charge is 0.310 e. The highest BCUT2D eigenvalue weighted by molar-refractivity contribution is 6.00. The van der Waals surface area contributed by atoms with Gasteiger partial charge in [0.05, 0.1) is 11.4 Å². The summed E-state index contributed by atoms with van der Waals surface area (Å²) in [6, 6.07) is 67.1. The maximum atomic E-state index is 4.02. The van der Waals surface area contributed by atoms with Crippen LogP contribution in [0.5, 0.6) is 0 Å². The molecule has 0 saturated carbocycles. The van der Waals surface area contributed by atoms with E-state index in [1.54, 1.807) is 0 Å². The number of para-hydroxylation sites is 1. The molecule has 0 radical (unpaired) electrons. The number of anilines is 6. The molecular formula is C46H34N2. The van der Waals surface area contributed by atoms with Gasteiger partial charge in [-0.15, -0.1) is 0 Å². The molecule has 0 fully saturated rings. The summed E-state index contributed by atoms with van der Waals surface area (Å²) in [7, 11) is 0. The topological polar surface area (TPSA) is 6.48 Å². The van der Waals surface area contributed by atoms with Crippen molar-refractivity contribution < 1.29 is 0 Å². The summed E-state index contributed by atoms with van der Waals surface area (Å²) in [6.45, 7) is 4.02. The molecule has 0 heterocycles. The lowest BCUT2D eigenvalue weighted by Crippen LogP contribution is -2.10. The number of fused-ring (bicyclic) bond motifs is 2. The molecular weight excluding hydrogens is 581 g/mol. The predicted octanol–water partition coefficient (Wildman–Crippen LogP) is 13.2. The van der Waals surface area contributed by atoms with E-state index in [0.29, 0.717) is 0 Å². The van der Waals surface area contributed by atoms with Crippen molar-refractivity contribution in [2.45, 2.75) is 0 Å². The minimum absolute atomic E-state index is 1.09. The average molecular weight is 615 g/mol. The molecule has 228 valence electrons. The summed E-state index contributed by atoms with van der Waals surface area (Å²) in [5, 5.41) is 4.86. The molecule has 0 saturated heterocycles. The quantitative estimate of drug-likeness (QED) is 0.168. The number of rotatable bonds is 8. The van der Waals surface area contributed by atoms with Crippen molar-refractivity contribution >= 4 is 61.7 Å². The van der Waals surface area contributed by atoms with Crippen LogP contribution in [0.2, 0.25) is 0 Å². The molecule has 8 aromatic carbocycles. The lowest BCUT2D eigenvalue weighted by Gasteiger charge is -2.27. The fourth-order valence-electron chi connectivity index (χ4n) is 6.63. The molecule has 0 aliphatic heterocycles. The van der Waals surface area contributed by atoms with Gasteiger partial charge in [0.2, 0.25) is 0 Å². The Morgan fingerprint density at radius 3 is 1.31 bits per heavy atom. The highest BCUT2D eigenvalue weighted by atomic mass is 15.1. The Kier molecular flexibility index (Phi) is 7.74. The van der Waals surface area contributed by atoms with Crippen LogP contribution in [-0.2, 0) is 0 Å². The minimum Gasteiger partial charge on any atom is -0.310 e. The Morgan fingerprint density at radius 1 is 0.354 bits per heavy atom. The summed E-state index contributed by atoms with van der Waals surface area (Å²) in [5.41, 5.74) is 10.1. The second-order valence-electron chi connectivity index (χ2n) is 11.9. The van der Waals surface area contributed by atoms with E-state index in [2.05, 4.69) is 204 Å². The molecule has 0 bridgehead atoms. The molecule has 0 unspecified atom stereocenters. The van der Waals surface area contributed by atoms with Crippen LogP contribution < -0.4 is 9.80 Å². The fourth-order valence-corrected chi connectivity index (χ4v) is 6.63. The SMILES string of the molecule is C=Cc1cccc(N(c2ccc(-c3ccc(N(c4ccccc4)c4cccc5ccccc45)cc3)cc2)c2cccc3ccccc23)c1. The molecule has 0 aliphatic carbocycles. The number of hydrogen-bond acceptors (Lipinski definition) is 2. The Morgan fingerprint density at radius 2 is 0.771 bits per heavy atom. The van der Waals surface area contributed by atoms with Gasteiger partial charge in [0.15, 0.2) is 0 Å². The first-order valence-corrected chi connectivity index (χ1v) is 16.3. The lowest BCUT2D eigenvalue weighted by atomic mass is 10.0. The van der Waals surface area contributed by atoms with E-state index in [9.17, 15) is 0 Å². The Hall–Kier alpha value is -6.38. The minimum atomic E-state index is 1.09. The van der Waals surface area contributed by atoms with Crippen molar-refractivity contribution in [2.24, 2.45) is 0 Å². The average Bonchev–Trinajstić information content (AvgIpc) is 3.16. The molecule has 2 nitrogen and oxygen atoms in total. The third-order valence-corrected chi connectivity index (χ3v) is 8.98. The molecule has 0 aromatic heterocycles. The Balaban J connectivity index is 1.17. The summed E-state index contributed by atoms with van der Waals surface area (Å²) in [4.78, 5) is 4.68. The maximum Gasteiger partial charge on any atom is 0.0540 e. The molecule has 48 heavy (non-hydrogen) atoms. The Labute approximate surface area is 282 Å². The van der Waals surface area contributed by atoms with Crippen LogP contribution in [0.25, 0.3) is 38.7 Å². The first-order valence-electron chi connectivity index (χ1n) is 16.3. The van der Waals surface area contributed by atoms with Gasteiger partial charge in [-0.1, -0.05) is 140 Å². The van der Waals surface area contributed by atoms with Gasteiger partial charge in [-0.25, -0.2) is 0 Å². The molecule has 8 aromatic rings. The van der Waals surface area contributed by atoms with E-state index in [1.165, 1.54) is 32.7 Å². The number of nitrogens with zero attached hydrogens (tertiary/aromatic N) is 2. The van der Waals surface area contributed by atoms with Crippen LogP contribution in [0.4, 0.5) is 34.1 Å². The van der Waals surface area contributed by atoms with Gasteiger partial charge >= 0.3 is 0 Å². The second kappa shape index (κ2) is 12.8. The molecule has 0 amide bonds. The molecule has 0 N–H and O–H groups in total. The van der Waals surface area contributed by atoms with E-state index in [1.807, 2.05) is 6.08 Å². The van der Waals surface area contributed by atoms with Crippen molar-refractivity contribution in [1.82, 2.24) is 0 Å². The zero-order chi connectivity index (χ0) is 32.3. The molecule has 0 atom stereocenters. The van der Waals surface area contributed by atoms with Gasteiger partial charge in [-0.05, 0) is 88.1 Å². The van der Waals surface area contributed by atoms with E-state index < -0.39 is 0 Å². The van der Waals surface area contributed by atoms with Crippen molar-refractivity contribution in [2.75, 3.05) is 9.80 Å². The van der Waals surface area contributed by atoms with Crippen molar-refractivity contribution in [3.8, 4) is 11.1 Å². The van der Waals surface area contributed by atoms with Gasteiger partial charge in [0.25, 0.3) is 0 Å². The zero-order valence-corrected chi connectivity index (χ0v) is 26.6. The van der Waals surface area contributed by atoms with Crippen LogP contribution in [0.1, 0.15) is 5.56 Å². The molecule has 2 heteroatoms. The van der Waals surface area contributed by atoms with Crippen molar-refractivity contribution in [3.63, 3.8) is 0 Å². The number of benzene rings is 8. The maximum absolute atomic E-state index is 4.02. The van der Waals surface area contributed by atoms with E-state index in [4.69, 9.17) is 0 Å². The van der Waals surface area contributed by atoms with Gasteiger partial charge in [0, 0.05) is 33.5 Å². The first kappa shape index (κ1) is 29.1. The summed E-state index contributed by atoms with van der Waals surface area (Å²) in [6.07, 6.45) is 1.90. The van der Waals surface area contributed by atoms with Gasteiger partial charge < -0.3 is 9.80 Å². The van der Waals surface area contributed by atoms with Crippen molar-refractivity contribution in [1.29, 1.82) is 0 Å². The normalized spacial score (nSPS) is 11.0. The second-order valence-corrected chi connectivity index (χ2v) is 11.9. The number of hydrogen-bond donors (Lipinski definition) is 0. The van der Waals surface area contributed by atoms with Crippen LogP contribution in [0.3, 0.4) is 0 Å². The third-order valence-electron chi connectivity index (χ3n) is 8.98. The van der Waals surface area contributed by atoms with Gasteiger partial charge in [0.1, 0.15) is 0 Å². The van der Waals surface area contributed by atoms with E-state index in [-0.39, 0.29) is 0 Å². The summed E-state index contributed by atoms with van der Waals surface area (Å²) in [5.74, 6) is 0. The smallest absolute Gasteiger partial charge is 0.0540 e. The third kappa shape index (κ3) is 5.50. The van der Waals surface area contributed by atoms with Crippen LogP contribution >= 0.6 is 0 Å². The van der Waals surface area contributed by atoms with Gasteiger partial charge in [-0.2, -0.15) is 0 Å². The van der Waals surface area contributed by atoms with Crippen LogP contribution in [0, 0.1) is 0 Å². The molecule has 0 spiro atoms. The van der Waals surface area contributed by atoms with E-state index in [0.717, 1.165) is 39.7 Å². The standard InChI is InChI=1S/C46H34N2/c1-2-34-13-10-20-42(33-34)48(46-24-12-17-38-15-7-9-22-44(38)46)41-31-27-36(28-32-41)35-25-29-40(30-26-35)47(39-18-4-3-5-19-39)45-23-11-16-37-14-6-8-21-43(37)45/h2-33H,1H2. The molecule has 0 aliphatic rings. The van der Waals surface area contributed by atoms with Gasteiger partial charge in [-0.3, -0.25) is 0 Å². The molecule has 8 rings (SSSR count). The fraction of sp³-hybridized carbons (Fsp3) is 0.